The molecule has 1 aromatic heterocycles. The number of hydrogen-bond acceptors (Lipinski definition) is 4. The van der Waals surface area contributed by atoms with Crippen LogP contribution in [0, 0.1) is 5.82 Å². The summed E-state index contributed by atoms with van der Waals surface area (Å²) in [5.41, 5.74) is 2.06. The lowest BCUT2D eigenvalue weighted by Crippen LogP contribution is -2.43. The molecule has 1 heterocycles. The van der Waals surface area contributed by atoms with Gasteiger partial charge in [-0.25, -0.2) is 4.39 Å². The van der Waals surface area contributed by atoms with E-state index in [0.717, 1.165) is 37.8 Å². The number of amides is 2. The van der Waals surface area contributed by atoms with Crippen molar-refractivity contribution in [2.45, 2.75) is 38.6 Å². The number of hydrogen-bond donors (Lipinski definition) is 2. The molecular weight excluding hydrogens is 495 g/mol. The van der Waals surface area contributed by atoms with Crippen molar-refractivity contribution in [1.82, 2.24) is 20.1 Å². The van der Waals surface area contributed by atoms with Gasteiger partial charge in [-0.1, -0.05) is 43.5 Å². The number of carbonyl (C=O) groups excluding carboxylic acids is 3. The summed E-state index contributed by atoms with van der Waals surface area (Å²) in [5.74, 6) is -1.89. The van der Waals surface area contributed by atoms with Crippen LogP contribution in [0.25, 0.3) is 10.9 Å². The summed E-state index contributed by atoms with van der Waals surface area (Å²) in [6.07, 6.45) is 4.98. The third kappa shape index (κ3) is 7.40. The molecule has 2 amide bonds. The molecule has 2 aromatic carbocycles. The number of aromatic amines is 1. The van der Waals surface area contributed by atoms with Crippen LogP contribution in [0.15, 0.2) is 42.6 Å². The first-order chi connectivity index (χ1) is 17.6. The molecule has 0 saturated carbocycles. The van der Waals surface area contributed by atoms with Crippen LogP contribution >= 0.6 is 11.6 Å². The molecule has 0 aliphatic heterocycles. The molecule has 3 aromatic rings. The van der Waals surface area contributed by atoms with Gasteiger partial charge in [-0.15, -0.1) is 0 Å². The number of nitrogens with zero attached hydrogens (tertiary/aromatic N) is 2. The molecular formula is C28H34ClFN4O3. The number of rotatable bonds is 12. The van der Waals surface area contributed by atoms with Gasteiger partial charge >= 0.3 is 0 Å². The molecule has 1 unspecified atom stereocenters. The first-order valence-corrected chi connectivity index (χ1v) is 12.8. The second-order valence-corrected chi connectivity index (χ2v) is 9.97. The first kappa shape index (κ1) is 28.3. The highest BCUT2D eigenvalue weighted by molar-refractivity contribution is 6.45. The Morgan fingerprint density at radius 1 is 1.08 bits per heavy atom. The van der Waals surface area contributed by atoms with Gasteiger partial charge in [0, 0.05) is 50.3 Å². The summed E-state index contributed by atoms with van der Waals surface area (Å²) in [7, 11) is 5.02. The maximum absolute atomic E-state index is 13.3. The van der Waals surface area contributed by atoms with Crippen molar-refractivity contribution in [2.24, 2.45) is 0 Å². The summed E-state index contributed by atoms with van der Waals surface area (Å²) < 4.78 is 13.2. The zero-order valence-corrected chi connectivity index (χ0v) is 22.5. The van der Waals surface area contributed by atoms with E-state index in [9.17, 15) is 18.8 Å². The zero-order valence-electron chi connectivity index (χ0n) is 21.7. The van der Waals surface area contributed by atoms with Gasteiger partial charge in [0.1, 0.15) is 5.82 Å². The minimum Gasteiger partial charge on any atom is -0.360 e. The van der Waals surface area contributed by atoms with Gasteiger partial charge < -0.3 is 20.1 Å². The van der Waals surface area contributed by atoms with Gasteiger partial charge in [0.15, 0.2) is 0 Å². The molecule has 0 bridgehead atoms. The molecule has 1 atom stereocenters. The molecule has 9 heteroatoms. The summed E-state index contributed by atoms with van der Waals surface area (Å²) in [6.45, 7) is 3.49. The van der Waals surface area contributed by atoms with Crippen LogP contribution in [0.3, 0.4) is 0 Å². The maximum Gasteiger partial charge on any atom is 0.294 e. The fourth-order valence-corrected chi connectivity index (χ4v) is 4.43. The van der Waals surface area contributed by atoms with Crippen LogP contribution in [0.1, 0.15) is 52.5 Å². The standard InChI is InChI=1S/C28H34ClFN4O3/c1-5-6-7-20(17-34(4)13-12-18-8-10-19(30)11-9-18)32-27(36)22-14-21-23(26(35)28(37)33(2)3)16-31-25(21)15-24(22)29/h8-11,14-16,20,31H,5-7,12-13,17H2,1-4H3,(H,32,36). The van der Waals surface area contributed by atoms with Gasteiger partial charge in [0.25, 0.3) is 17.6 Å². The van der Waals surface area contributed by atoms with Crippen molar-refractivity contribution in [3.8, 4) is 0 Å². The number of ketones is 1. The molecule has 0 aliphatic rings. The summed E-state index contributed by atoms with van der Waals surface area (Å²) in [6, 6.07) is 9.53. The highest BCUT2D eigenvalue weighted by Crippen LogP contribution is 2.27. The zero-order chi connectivity index (χ0) is 27.1. The number of Topliss-reactive ketones (excluding diaryl/α,β-unsaturated/α-hetero) is 1. The highest BCUT2D eigenvalue weighted by Gasteiger charge is 2.24. The topological polar surface area (TPSA) is 85.5 Å². The van der Waals surface area contributed by atoms with E-state index >= 15 is 0 Å². The normalized spacial score (nSPS) is 12.1. The third-order valence-electron chi connectivity index (χ3n) is 6.33. The van der Waals surface area contributed by atoms with E-state index in [4.69, 9.17) is 11.6 Å². The van der Waals surface area contributed by atoms with Crippen LogP contribution in [0.4, 0.5) is 4.39 Å². The maximum atomic E-state index is 13.3. The van der Waals surface area contributed by atoms with Gasteiger partial charge in [-0.05, 0) is 49.7 Å². The second-order valence-electron chi connectivity index (χ2n) is 9.56. The molecule has 0 radical (unpaired) electrons. The van der Waals surface area contributed by atoms with Crippen LogP contribution < -0.4 is 5.32 Å². The lowest BCUT2D eigenvalue weighted by atomic mass is 10.0. The Bertz CT molecular complexity index is 1260. The number of benzene rings is 2. The predicted molar refractivity (Wildman–Crippen MR) is 145 cm³/mol. The second kappa shape index (κ2) is 12.8. The van der Waals surface area contributed by atoms with Gasteiger partial charge in [0.2, 0.25) is 0 Å². The fourth-order valence-electron chi connectivity index (χ4n) is 4.18. The van der Waals surface area contributed by atoms with Crippen molar-refractivity contribution < 1.29 is 18.8 Å². The molecule has 3 rings (SSSR count). The predicted octanol–water partition coefficient (Wildman–Crippen LogP) is 4.69. The lowest BCUT2D eigenvalue weighted by Gasteiger charge is -2.25. The van der Waals surface area contributed by atoms with E-state index in [1.807, 2.05) is 7.05 Å². The van der Waals surface area contributed by atoms with Crippen LogP contribution in [-0.4, -0.2) is 72.7 Å². The smallest absolute Gasteiger partial charge is 0.294 e. The van der Waals surface area contributed by atoms with Gasteiger partial charge in [-0.3, -0.25) is 14.4 Å². The Balaban J connectivity index is 1.74. The molecule has 37 heavy (non-hydrogen) atoms. The number of H-pyrrole nitrogens is 1. The molecule has 7 nitrogen and oxygen atoms in total. The Morgan fingerprint density at radius 2 is 1.78 bits per heavy atom. The van der Waals surface area contributed by atoms with E-state index in [2.05, 4.69) is 22.1 Å². The summed E-state index contributed by atoms with van der Waals surface area (Å²) in [4.78, 5) is 44.5. The summed E-state index contributed by atoms with van der Waals surface area (Å²) in [5, 5.41) is 3.83. The highest BCUT2D eigenvalue weighted by atomic mass is 35.5. The van der Waals surface area contributed by atoms with Gasteiger partial charge in [0.05, 0.1) is 16.1 Å². The lowest BCUT2D eigenvalue weighted by molar-refractivity contribution is -0.124. The minimum atomic E-state index is -0.659. The minimum absolute atomic E-state index is 0.111. The fraction of sp³-hybridized carbons (Fsp3) is 0.393. The average Bonchev–Trinajstić information content (AvgIpc) is 3.27. The summed E-state index contributed by atoms with van der Waals surface area (Å²) >= 11 is 6.44. The van der Waals surface area contributed by atoms with E-state index in [-0.39, 0.29) is 33.9 Å². The van der Waals surface area contributed by atoms with Crippen molar-refractivity contribution in [3.05, 3.63) is 70.1 Å². The SMILES string of the molecule is CCCCC(CN(C)CCc1ccc(F)cc1)NC(=O)c1cc2c(C(=O)C(=O)N(C)C)c[nH]c2cc1Cl. The molecule has 0 saturated heterocycles. The van der Waals surface area contributed by atoms with Crippen molar-refractivity contribution in [1.29, 1.82) is 0 Å². The van der Waals surface area contributed by atoms with Crippen molar-refractivity contribution >= 4 is 40.1 Å². The van der Waals surface area contributed by atoms with Crippen molar-refractivity contribution in [3.63, 3.8) is 0 Å². The van der Waals surface area contributed by atoms with E-state index in [0.29, 0.717) is 17.4 Å². The molecule has 0 aliphatic carbocycles. The number of carbonyl (C=O) groups is 3. The molecule has 0 fully saturated rings. The van der Waals surface area contributed by atoms with Crippen LogP contribution in [-0.2, 0) is 11.2 Å². The van der Waals surface area contributed by atoms with E-state index in [1.54, 1.807) is 24.3 Å². The number of unbranched alkanes of at least 4 members (excludes halogenated alkanes) is 1. The number of nitrogens with one attached hydrogen (secondary N) is 2. The quantitative estimate of drug-likeness (QED) is 0.264. The Morgan fingerprint density at radius 3 is 2.43 bits per heavy atom. The average molecular weight is 529 g/mol. The van der Waals surface area contributed by atoms with Crippen molar-refractivity contribution in [2.75, 3.05) is 34.2 Å². The largest absolute Gasteiger partial charge is 0.360 e. The Hall–Kier alpha value is -3.23. The van der Waals surface area contributed by atoms with E-state index < -0.39 is 11.7 Å². The monoisotopic (exact) mass is 528 g/mol. The number of aromatic nitrogens is 1. The van der Waals surface area contributed by atoms with Crippen LogP contribution in [0.2, 0.25) is 5.02 Å². The number of fused-ring (bicyclic) bond motifs is 1. The Kier molecular flexibility index (Phi) is 9.83. The van der Waals surface area contributed by atoms with Crippen LogP contribution in [0.5, 0.6) is 0 Å². The molecule has 0 spiro atoms. The third-order valence-corrected chi connectivity index (χ3v) is 6.64. The van der Waals surface area contributed by atoms with Gasteiger partial charge in [-0.2, -0.15) is 0 Å². The molecule has 198 valence electrons. The number of halogens is 2. The Labute approximate surface area is 222 Å². The van der Waals surface area contributed by atoms with E-state index in [1.165, 1.54) is 37.3 Å². The molecule has 2 N–H and O–H groups in total. The first-order valence-electron chi connectivity index (χ1n) is 12.4. The number of likely N-dealkylation sites (N-methyl/N-ethyl adjacent to an activating group) is 2.